The SMILES string of the molecule is COc1ccc(C(N)=O)c(OC2CC3(CC(OC(=O)NCc4ccccc4)C3)C2)n1. The highest BCUT2D eigenvalue weighted by Crippen LogP contribution is 2.57. The van der Waals surface area contributed by atoms with Gasteiger partial charge in [-0.05, 0) is 42.7 Å². The van der Waals surface area contributed by atoms with Gasteiger partial charge in [0.1, 0.15) is 17.8 Å². The summed E-state index contributed by atoms with van der Waals surface area (Å²) in [6.07, 6.45) is 2.79. The summed E-state index contributed by atoms with van der Waals surface area (Å²) in [5.74, 6) is -0.0235. The van der Waals surface area contributed by atoms with E-state index in [4.69, 9.17) is 19.9 Å². The molecule has 0 atom stereocenters. The van der Waals surface area contributed by atoms with Crippen molar-refractivity contribution in [1.82, 2.24) is 10.3 Å². The molecule has 2 aliphatic carbocycles. The quantitative estimate of drug-likeness (QED) is 0.724. The molecule has 1 aromatic carbocycles. The van der Waals surface area contributed by atoms with Crippen LogP contribution >= 0.6 is 0 Å². The van der Waals surface area contributed by atoms with Gasteiger partial charge in [-0.3, -0.25) is 4.79 Å². The molecule has 2 amide bonds. The van der Waals surface area contributed by atoms with Crippen molar-refractivity contribution in [2.75, 3.05) is 7.11 Å². The van der Waals surface area contributed by atoms with Gasteiger partial charge in [0.05, 0.1) is 7.11 Å². The number of methoxy groups -OCH3 is 1. The van der Waals surface area contributed by atoms with Crippen molar-refractivity contribution in [3.63, 3.8) is 0 Å². The second kappa shape index (κ2) is 8.22. The van der Waals surface area contributed by atoms with Crippen molar-refractivity contribution in [2.45, 2.75) is 44.4 Å². The normalized spacial score (nSPS) is 24.3. The molecule has 2 aromatic rings. The lowest BCUT2D eigenvalue weighted by Gasteiger charge is -2.56. The first-order chi connectivity index (χ1) is 14.5. The fraction of sp³-hybridized carbons (Fsp3) is 0.409. The predicted molar refractivity (Wildman–Crippen MR) is 108 cm³/mol. The smallest absolute Gasteiger partial charge is 0.407 e. The first-order valence-corrected chi connectivity index (χ1v) is 9.96. The number of ether oxygens (including phenoxy) is 3. The van der Waals surface area contributed by atoms with Gasteiger partial charge in [0.2, 0.25) is 11.8 Å². The summed E-state index contributed by atoms with van der Waals surface area (Å²) in [5.41, 5.74) is 6.81. The molecular weight excluding hydrogens is 386 g/mol. The average Bonchev–Trinajstić information content (AvgIpc) is 2.69. The Morgan fingerprint density at radius 1 is 1.10 bits per heavy atom. The maximum atomic E-state index is 12.0. The van der Waals surface area contributed by atoms with Crippen molar-refractivity contribution in [2.24, 2.45) is 11.1 Å². The van der Waals surface area contributed by atoms with E-state index in [-0.39, 0.29) is 29.1 Å². The first-order valence-electron chi connectivity index (χ1n) is 9.96. The lowest BCUT2D eigenvalue weighted by molar-refractivity contribution is -0.133. The Labute approximate surface area is 174 Å². The molecule has 2 aliphatic rings. The van der Waals surface area contributed by atoms with E-state index in [1.807, 2.05) is 30.3 Å². The van der Waals surface area contributed by atoms with Gasteiger partial charge in [-0.25, -0.2) is 4.79 Å². The zero-order chi connectivity index (χ0) is 21.1. The third kappa shape index (κ3) is 4.32. The standard InChI is InChI=1S/C22H25N3O5/c1-28-18-8-7-17(19(23)26)20(25-18)29-15-9-22(10-15)11-16(12-22)30-21(27)24-13-14-5-3-2-4-6-14/h2-8,15-16H,9-13H2,1H3,(H2,23,26)(H,24,27). The summed E-state index contributed by atoms with van der Waals surface area (Å²) >= 11 is 0. The maximum absolute atomic E-state index is 12.0. The van der Waals surface area contributed by atoms with Crippen LogP contribution in [0.4, 0.5) is 4.79 Å². The number of carbonyl (C=O) groups is 2. The number of carbonyl (C=O) groups excluding carboxylic acids is 2. The van der Waals surface area contributed by atoms with Crippen LogP contribution in [0.3, 0.4) is 0 Å². The van der Waals surface area contributed by atoms with Gasteiger partial charge < -0.3 is 25.3 Å². The molecule has 8 heteroatoms. The van der Waals surface area contributed by atoms with E-state index in [2.05, 4.69) is 10.3 Å². The number of nitrogens with zero attached hydrogens (tertiary/aromatic N) is 1. The number of rotatable bonds is 7. The average molecular weight is 411 g/mol. The van der Waals surface area contributed by atoms with E-state index >= 15 is 0 Å². The van der Waals surface area contributed by atoms with Gasteiger partial charge >= 0.3 is 6.09 Å². The van der Waals surface area contributed by atoms with Crippen molar-refractivity contribution >= 4 is 12.0 Å². The minimum absolute atomic E-state index is 0.0458. The summed E-state index contributed by atoms with van der Waals surface area (Å²) in [6, 6.07) is 12.8. The number of nitrogens with two attached hydrogens (primary N) is 1. The van der Waals surface area contributed by atoms with Crippen LogP contribution < -0.4 is 20.5 Å². The molecule has 1 spiro atoms. The van der Waals surface area contributed by atoms with E-state index in [1.54, 1.807) is 12.1 Å². The Morgan fingerprint density at radius 2 is 1.80 bits per heavy atom. The number of primary amides is 1. The van der Waals surface area contributed by atoms with Crippen molar-refractivity contribution in [3.8, 4) is 11.8 Å². The van der Waals surface area contributed by atoms with Crippen LogP contribution in [0.15, 0.2) is 42.5 Å². The fourth-order valence-corrected chi connectivity index (χ4v) is 4.25. The number of hydrogen-bond donors (Lipinski definition) is 2. The third-order valence-corrected chi connectivity index (χ3v) is 5.78. The van der Waals surface area contributed by atoms with E-state index in [9.17, 15) is 9.59 Å². The van der Waals surface area contributed by atoms with Gasteiger partial charge in [-0.15, -0.1) is 0 Å². The van der Waals surface area contributed by atoms with Crippen LogP contribution in [0, 0.1) is 5.41 Å². The molecule has 158 valence electrons. The number of amides is 2. The van der Waals surface area contributed by atoms with Gasteiger partial charge in [0.25, 0.3) is 5.91 Å². The molecule has 0 bridgehead atoms. The Balaban J connectivity index is 1.21. The number of alkyl carbamates (subject to hydrolysis) is 1. The van der Waals surface area contributed by atoms with E-state index in [0.29, 0.717) is 12.4 Å². The van der Waals surface area contributed by atoms with E-state index < -0.39 is 12.0 Å². The maximum Gasteiger partial charge on any atom is 0.407 e. The summed E-state index contributed by atoms with van der Waals surface area (Å²) in [6.45, 7) is 0.448. The predicted octanol–water partition coefficient (Wildman–Crippen LogP) is 2.81. The lowest BCUT2D eigenvalue weighted by Crippen LogP contribution is -2.55. The fourth-order valence-electron chi connectivity index (χ4n) is 4.25. The van der Waals surface area contributed by atoms with Crippen LogP contribution in [-0.4, -0.2) is 36.3 Å². The van der Waals surface area contributed by atoms with Crippen molar-refractivity contribution in [3.05, 3.63) is 53.6 Å². The van der Waals surface area contributed by atoms with Crippen LogP contribution in [0.25, 0.3) is 0 Å². The molecule has 0 radical (unpaired) electrons. The Hall–Kier alpha value is -3.29. The molecule has 2 saturated carbocycles. The number of hydrogen-bond acceptors (Lipinski definition) is 6. The summed E-state index contributed by atoms with van der Waals surface area (Å²) in [5, 5.41) is 2.78. The summed E-state index contributed by atoms with van der Waals surface area (Å²) in [4.78, 5) is 27.8. The Bertz CT molecular complexity index is 920. The molecule has 2 fully saturated rings. The number of benzene rings is 1. The second-order valence-electron chi connectivity index (χ2n) is 7.99. The summed E-state index contributed by atoms with van der Waals surface area (Å²) in [7, 11) is 1.50. The number of aromatic nitrogens is 1. The highest BCUT2D eigenvalue weighted by atomic mass is 16.6. The van der Waals surface area contributed by atoms with E-state index in [0.717, 1.165) is 31.2 Å². The number of nitrogens with one attached hydrogen (secondary N) is 1. The molecule has 8 nitrogen and oxygen atoms in total. The molecule has 4 rings (SSSR count). The van der Waals surface area contributed by atoms with Crippen LogP contribution in [-0.2, 0) is 11.3 Å². The van der Waals surface area contributed by atoms with Gasteiger partial charge in [-0.2, -0.15) is 4.98 Å². The first kappa shape index (κ1) is 20.0. The van der Waals surface area contributed by atoms with Gasteiger partial charge in [0.15, 0.2) is 0 Å². The zero-order valence-corrected chi connectivity index (χ0v) is 16.8. The molecule has 0 saturated heterocycles. The van der Waals surface area contributed by atoms with Crippen molar-refractivity contribution in [1.29, 1.82) is 0 Å². The van der Waals surface area contributed by atoms with Crippen LogP contribution in [0.2, 0.25) is 0 Å². The lowest BCUT2D eigenvalue weighted by atomic mass is 9.53. The molecule has 30 heavy (non-hydrogen) atoms. The minimum Gasteiger partial charge on any atom is -0.481 e. The third-order valence-electron chi connectivity index (χ3n) is 5.78. The number of pyridine rings is 1. The highest BCUT2D eigenvalue weighted by Gasteiger charge is 2.55. The second-order valence-corrected chi connectivity index (χ2v) is 7.99. The summed E-state index contributed by atoms with van der Waals surface area (Å²) < 4.78 is 16.5. The highest BCUT2D eigenvalue weighted by molar-refractivity contribution is 5.95. The van der Waals surface area contributed by atoms with Crippen LogP contribution in [0.1, 0.15) is 41.6 Å². The molecule has 0 unspecified atom stereocenters. The molecule has 3 N–H and O–H groups in total. The molecule has 1 aromatic heterocycles. The molecule has 1 heterocycles. The Morgan fingerprint density at radius 3 is 2.47 bits per heavy atom. The van der Waals surface area contributed by atoms with Crippen molar-refractivity contribution < 1.29 is 23.8 Å². The minimum atomic E-state index is -0.590. The van der Waals surface area contributed by atoms with Crippen LogP contribution in [0.5, 0.6) is 11.8 Å². The monoisotopic (exact) mass is 411 g/mol. The molecule has 0 aliphatic heterocycles. The Kier molecular flexibility index (Phi) is 5.48. The van der Waals surface area contributed by atoms with Gasteiger partial charge in [-0.1, -0.05) is 30.3 Å². The van der Waals surface area contributed by atoms with E-state index in [1.165, 1.54) is 7.11 Å². The van der Waals surface area contributed by atoms with Gasteiger partial charge in [0, 0.05) is 12.6 Å². The zero-order valence-electron chi connectivity index (χ0n) is 16.8. The topological polar surface area (TPSA) is 113 Å². The largest absolute Gasteiger partial charge is 0.481 e. The molecular formula is C22H25N3O5.